The highest BCUT2D eigenvalue weighted by Crippen LogP contribution is 2.22. The minimum atomic E-state index is 0. The van der Waals surface area contributed by atoms with Crippen LogP contribution in [0.3, 0.4) is 0 Å². The molecule has 0 bridgehead atoms. The summed E-state index contributed by atoms with van der Waals surface area (Å²) in [5.74, 6) is 2.69. The molecule has 1 fully saturated rings. The van der Waals surface area contributed by atoms with Crippen LogP contribution in [0, 0.1) is 0 Å². The molecule has 0 aliphatic carbocycles. The number of ether oxygens (including phenoxy) is 1. The third-order valence-corrected chi connectivity index (χ3v) is 5.39. The molecule has 8 nitrogen and oxygen atoms in total. The van der Waals surface area contributed by atoms with Crippen LogP contribution < -0.4 is 15.0 Å². The van der Waals surface area contributed by atoms with Gasteiger partial charge in [-0.3, -0.25) is 4.99 Å². The maximum absolute atomic E-state index is 6.04. The van der Waals surface area contributed by atoms with Gasteiger partial charge in [0.2, 0.25) is 11.7 Å². The number of anilines is 1. The summed E-state index contributed by atoms with van der Waals surface area (Å²) in [6.45, 7) is 3.90. The first kappa shape index (κ1) is 24.1. The molecule has 0 saturated carbocycles. The first-order chi connectivity index (χ1) is 15.2. The molecule has 0 spiro atoms. The average Bonchev–Trinajstić information content (AvgIpc) is 3.29. The fourth-order valence-corrected chi connectivity index (χ4v) is 3.73. The zero-order valence-electron chi connectivity index (χ0n) is 18.0. The van der Waals surface area contributed by atoms with Gasteiger partial charge in [-0.25, -0.2) is 0 Å². The molecule has 0 radical (unpaired) electrons. The molecule has 0 atom stereocenters. The summed E-state index contributed by atoms with van der Waals surface area (Å²) < 4.78 is 10.7. The van der Waals surface area contributed by atoms with Crippen molar-refractivity contribution in [1.82, 2.24) is 20.4 Å². The lowest BCUT2D eigenvalue weighted by Crippen LogP contribution is -2.52. The number of hydrogen-bond donors (Lipinski definition) is 1. The minimum Gasteiger partial charge on any atom is -0.497 e. The van der Waals surface area contributed by atoms with E-state index in [0.717, 1.165) is 43.5 Å². The highest BCUT2D eigenvalue weighted by molar-refractivity contribution is 14.0. The first-order valence-electron chi connectivity index (χ1n) is 10.1. The van der Waals surface area contributed by atoms with Gasteiger partial charge in [-0.1, -0.05) is 35.0 Å². The molecule has 2 heterocycles. The van der Waals surface area contributed by atoms with Gasteiger partial charge in [0.15, 0.2) is 5.96 Å². The number of nitrogens with one attached hydrogen (secondary N) is 1. The van der Waals surface area contributed by atoms with Gasteiger partial charge in [0.1, 0.15) is 5.75 Å². The van der Waals surface area contributed by atoms with E-state index in [2.05, 4.69) is 42.4 Å². The molecule has 1 aliphatic heterocycles. The fourth-order valence-electron chi connectivity index (χ4n) is 3.54. The van der Waals surface area contributed by atoms with E-state index < -0.39 is 0 Å². The molecule has 0 amide bonds. The van der Waals surface area contributed by atoms with Gasteiger partial charge in [-0.05, 0) is 24.3 Å². The number of aliphatic imine (C=N–C) groups is 1. The van der Waals surface area contributed by atoms with Crippen LogP contribution in [0.15, 0.2) is 58.0 Å². The van der Waals surface area contributed by atoms with Crippen molar-refractivity contribution in [3.8, 4) is 17.1 Å². The van der Waals surface area contributed by atoms with Crippen LogP contribution in [0.5, 0.6) is 5.75 Å². The van der Waals surface area contributed by atoms with E-state index in [1.807, 2.05) is 36.4 Å². The van der Waals surface area contributed by atoms with Crippen LogP contribution in [-0.2, 0) is 6.54 Å². The predicted molar refractivity (Wildman–Crippen MR) is 137 cm³/mol. The average molecular weight is 569 g/mol. The Morgan fingerprint density at radius 1 is 1.16 bits per heavy atom. The summed E-state index contributed by atoms with van der Waals surface area (Å²) in [5, 5.41) is 8.00. The Labute approximate surface area is 209 Å². The first-order valence-corrected chi connectivity index (χ1v) is 10.5. The van der Waals surface area contributed by atoms with Gasteiger partial charge in [0, 0.05) is 55.6 Å². The summed E-state index contributed by atoms with van der Waals surface area (Å²) in [6.07, 6.45) is 0. The Balaban J connectivity index is 0.00000289. The Morgan fingerprint density at radius 2 is 1.94 bits per heavy atom. The second kappa shape index (κ2) is 11.4. The molecule has 0 unspecified atom stereocenters. The summed E-state index contributed by atoms with van der Waals surface area (Å²) in [7, 11) is 3.47. The fraction of sp³-hybridized carbons (Fsp3) is 0.318. The van der Waals surface area contributed by atoms with E-state index in [-0.39, 0.29) is 24.0 Å². The monoisotopic (exact) mass is 568 g/mol. The summed E-state index contributed by atoms with van der Waals surface area (Å²) in [4.78, 5) is 13.4. The van der Waals surface area contributed by atoms with Gasteiger partial charge in [0.25, 0.3) is 0 Å². The van der Waals surface area contributed by atoms with E-state index in [1.165, 1.54) is 5.69 Å². The maximum Gasteiger partial charge on any atom is 0.246 e. The van der Waals surface area contributed by atoms with Crippen molar-refractivity contribution < 1.29 is 9.26 Å². The van der Waals surface area contributed by atoms with Crippen molar-refractivity contribution in [2.24, 2.45) is 4.99 Å². The Hall–Kier alpha value is -2.53. The van der Waals surface area contributed by atoms with Crippen LogP contribution in [0.2, 0.25) is 5.02 Å². The number of aromatic nitrogens is 2. The smallest absolute Gasteiger partial charge is 0.246 e. The second-order valence-electron chi connectivity index (χ2n) is 7.10. The number of methoxy groups -OCH3 is 1. The van der Waals surface area contributed by atoms with E-state index in [0.29, 0.717) is 23.3 Å². The van der Waals surface area contributed by atoms with Crippen LogP contribution in [0.1, 0.15) is 5.89 Å². The van der Waals surface area contributed by atoms with E-state index in [9.17, 15) is 0 Å². The van der Waals surface area contributed by atoms with Crippen molar-refractivity contribution in [1.29, 1.82) is 0 Å². The van der Waals surface area contributed by atoms with Crippen molar-refractivity contribution in [2.75, 3.05) is 45.2 Å². The van der Waals surface area contributed by atoms with Gasteiger partial charge < -0.3 is 24.4 Å². The third-order valence-electron chi connectivity index (χ3n) is 5.16. The molecular weight excluding hydrogens is 543 g/mol. The number of nitrogens with zero attached hydrogens (tertiary/aromatic N) is 5. The van der Waals surface area contributed by atoms with Gasteiger partial charge in [0.05, 0.1) is 13.7 Å². The Kier molecular flexibility index (Phi) is 8.57. The number of rotatable bonds is 5. The zero-order chi connectivity index (χ0) is 21.6. The summed E-state index contributed by atoms with van der Waals surface area (Å²) >= 11 is 6.04. The van der Waals surface area contributed by atoms with Gasteiger partial charge >= 0.3 is 0 Å². The number of hydrogen-bond acceptors (Lipinski definition) is 6. The quantitative estimate of drug-likeness (QED) is 0.284. The second-order valence-corrected chi connectivity index (χ2v) is 7.53. The predicted octanol–water partition coefficient (Wildman–Crippen LogP) is 3.91. The molecule has 1 aliphatic rings. The lowest BCUT2D eigenvalue weighted by atomic mass is 10.2. The number of guanidine groups is 1. The topological polar surface area (TPSA) is 79.0 Å². The number of piperazine rings is 1. The van der Waals surface area contributed by atoms with E-state index >= 15 is 0 Å². The molecule has 1 aromatic heterocycles. The maximum atomic E-state index is 6.04. The molecule has 1 N–H and O–H groups in total. The van der Waals surface area contributed by atoms with Gasteiger partial charge in [-0.2, -0.15) is 4.98 Å². The van der Waals surface area contributed by atoms with Crippen LogP contribution in [-0.4, -0.2) is 61.3 Å². The molecular formula is C22H26ClIN6O2. The summed E-state index contributed by atoms with van der Waals surface area (Å²) in [5.41, 5.74) is 1.99. The number of halogens is 2. The minimum absolute atomic E-state index is 0. The SMILES string of the molecule is CN=C(NCc1nc(-c2cccc(Cl)c2)no1)N1CCN(c2cccc(OC)c2)CC1.I. The molecule has 2 aromatic carbocycles. The van der Waals surface area contributed by atoms with Crippen molar-refractivity contribution in [2.45, 2.75) is 6.54 Å². The molecule has 4 rings (SSSR count). The largest absolute Gasteiger partial charge is 0.497 e. The van der Waals surface area contributed by atoms with Crippen molar-refractivity contribution >= 4 is 47.2 Å². The lowest BCUT2D eigenvalue weighted by molar-refractivity contribution is 0.355. The van der Waals surface area contributed by atoms with Crippen LogP contribution >= 0.6 is 35.6 Å². The van der Waals surface area contributed by atoms with Crippen molar-refractivity contribution in [3.05, 3.63) is 59.4 Å². The molecule has 10 heteroatoms. The molecule has 32 heavy (non-hydrogen) atoms. The Bertz CT molecular complexity index is 1050. The highest BCUT2D eigenvalue weighted by atomic mass is 127. The Morgan fingerprint density at radius 3 is 2.66 bits per heavy atom. The zero-order valence-corrected chi connectivity index (χ0v) is 21.1. The standard InChI is InChI=1S/C22H25ClN6O2.HI/c1-24-22(25-15-20-26-21(27-31-20)16-5-3-6-17(23)13-16)29-11-9-28(10-12-29)18-7-4-8-19(14-18)30-2;/h3-8,13-14H,9-12,15H2,1-2H3,(H,24,25);1H. The highest BCUT2D eigenvalue weighted by Gasteiger charge is 2.20. The van der Waals surface area contributed by atoms with Crippen molar-refractivity contribution in [3.63, 3.8) is 0 Å². The number of benzene rings is 2. The van der Waals surface area contributed by atoms with Crippen LogP contribution in [0.25, 0.3) is 11.4 Å². The normalized spacial score (nSPS) is 14.2. The molecule has 3 aromatic rings. The third kappa shape index (κ3) is 5.83. The van der Waals surface area contributed by atoms with E-state index in [1.54, 1.807) is 14.2 Å². The molecule has 1 saturated heterocycles. The summed E-state index contributed by atoms with van der Waals surface area (Å²) in [6, 6.07) is 15.5. The van der Waals surface area contributed by atoms with E-state index in [4.69, 9.17) is 20.9 Å². The van der Waals surface area contributed by atoms with Crippen LogP contribution in [0.4, 0.5) is 5.69 Å². The van der Waals surface area contributed by atoms with Gasteiger partial charge in [-0.15, -0.1) is 24.0 Å². The lowest BCUT2D eigenvalue weighted by Gasteiger charge is -2.37. The molecule has 170 valence electrons.